The third-order valence-electron chi connectivity index (χ3n) is 2.23. The molecule has 0 fully saturated rings. The first-order valence-electron chi connectivity index (χ1n) is 5.30. The van der Waals surface area contributed by atoms with E-state index in [1.807, 2.05) is 18.2 Å². The van der Waals surface area contributed by atoms with Crippen LogP contribution in [0.5, 0.6) is 11.5 Å². The molecule has 0 heterocycles. The molecule has 0 aliphatic heterocycles. The molecule has 0 aromatic heterocycles. The molecule has 1 aromatic carbocycles. The van der Waals surface area contributed by atoms with Gasteiger partial charge in [-0.3, -0.25) is 0 Å². The number of benzene rings is 1. The number of hydrogen-bond donors (Lipinski definition) is 1. The summed E-state index contributed by atoms with van der Waals surface area (Å²) in [6.45, 7) is 1.71. The first kappa shape index (κ1) is 12.8. The van der Waals surface area contributed by atoms with Crippen LogP contribution < -0.4 is 15.2 Å². The Morgan fingerprint density at radius 2 is 2.00 bits per heavy atom. The second-order valence-corrected chi connectivity index (χ2v) is 3.35. The van der Waals surface area contributed by atoms with Gasteiger partial charge in [0.05, 0.1) is 13.7 Å². The van der Waals surface area contributed by atoms with Crippen LogP contribution in [-0.2, 0) is 11.2 Å². The number of hydrogen-bond acceptors (Lipinski definition) is 4. The Hall–Kier alpha value is -1.26. The smallest absolute Gasteiger partial charge is 0.122 e. The molecule has 16 heavy (non-hydrogen) atoms. The van der Waals surface area contributed by atoms with Crippen molar-refractivity contribution < 1.29 is 14.2 Å². The topological polar surface area (TPSA) is 53.7 Å². The third kappa shape index (κ3) is 3.72. The summed E-state index contributed by atoms with van der Waals surface area (Å²) in [5.41, 5.74) is 6.62. The van der Waals surface area contributed by atoms with Crippen LogP contribution in [0.2, 0.25) is 0 Å². The number of methoxy groups -OCH3 is 2. The molecular formula is C12H19NO3. The molecular weight excluding hydrogens is 206 g/mol. The monoisotopic (exact) mass is 225 g/mol. The Kier molecular flexibility index (Phi) is 5.67. The predicted octanol–water partition coefficient (Wildman–Crippen LogP) is 1.22. The number of nitrogens with two attached hydrogens (primary N) is 1. The Bertz CT molecular complexity index is 315. The fraction of sp³-hybridized carbons (Fsp3) is 0.500. The molecule has 0 aliphatic carbocycles. The van der Waals surface area contributed by atoms with E-state index < -0.39 is 0 Å². The van der Waals surface area contributed by atoms with Gasteiger partial charge >= 0.3 is 0 Å². The van der Waals surface area contributed by atoms with Crippen LogP contribution in [0.4, 0.5) is 0 Å². The average Bonchev–Trinajstić information content (AvgIpc) is 2.31. The molecule has 2 N–H and O–H groups in total. The molecule has 0 spiro atoms. The van der Waals surface area contributed by atoms with Gasteiger partial charge < -0.3 is 19.9 Å². The van der Waals surface area contributed by atoms with Gasteiger partial charge in [0.25, 0.3) is 0 Å². The zero-order chi connectivity index (χ0) is 11.8. The van der Waals surface area contributed by atoms with Crippen molar-refractivity contribution in [3.8, 4) is 11.5 Å². The van der Waals surface area contributed by atoms with Crippen molar-refractivity contribution in [3.05, 3.63) is 23.8 Å². The maximum Gasteiger partial charge on any atom is 0.122 e. The van der Waals surface area contributed by atoms with Crippen LogP contribution in [0.3, 0.4) is 0 Å². The Morgan fingerprint density at radius 1 is 1.19 bits per heavy atom. The highest BCUT2D eigenvalue weighted by Crippen LogP contribution is 2.24. The first-order valence-corrected chi connectivity index (χ1v) is 5.30. The normalized spacial score (nSPS) is 10.2. The largest absolute Gasteiger partial charge is 0.497 e. The van der Waals surface area contributed by atoms with E-state index in [0.29, 0.717) is 19.8 Å². The molecule has 0 saturated carbocycles. The van der Waals surface area contributed by atoms with Crippen LogP contribution in [-0.4, -0.2) is 34.0 Å². The van der Waals surface area contributed by atoms with Crippen LogP contribution in [0.1, 0.15) is 5.56 Å². The fourth-order valence-electron chi connectivity index (χ4n) is 1.41. The zero-order valence-corrected chi connectivity index (χ0v) is 9.86. The summed E-state index contributed by atoms with van der Waals surface area (Å²) in [5, 5.41) is 0. The molecule has 1 rings (SSSR count). The van der Waals surface area contributed by atoms with Gasteiger partial charge in [0.15, 0.2) is 0 Å². The quantitative estimate of drug-likeness (QED) is 0.709. The van der Waals surface area contributed by atoms with Crippen LogP contribution in [0.15, 0.2) is 18.2 Å². The summed E-state index contributed by atoms with van der Waals surface area (Å²) < 4.78 is 15.7. The Labute approximate surface area is 96.3 Å². The van der Waals surface area contributed by atoms with E-state index in [1.54, 1.807) is 14.2 Å². The second kappa shape index (κ2) is 7.09. The molecule has 0 saturated heterocycles. The SMILES string of the molecule is COCCOc1ccc(OC)cc1CCN. The van der Waals surface area contributed by atoms with Gasteiger partial charge in [0.1, 0.15) is 18.1 Å². The summed E-state index contributed by atoms with van der Waals surface area (Å²) in [7, 11) is 3.30. The minimum atomic E-state index is 0.542. The lowest BCUT2D eigenvalue weighted by Crippen LogP contribution is -2.08. The van der Waals surface area contributed by atoms with Gasteiger partial charge in [-0.1, -0.05) is 0 Å². The number of rotatable bonds is 7. The van der Waals surface area contributed by atoms with Gasteiger partial charge in [-0.2, -0.15) is 0 Å². The van der Waals surface area contributed by atoms with Gasteiger partial charge in [-0.15, -0.1) is 0 Å². The lowest BCUT2D eigenvalue weighted by molar-refractivity contribution is 0.145. The molecule has 0 amide bonds. The van der Waals surface area contributed by atoms with E-state index in [1.165, 1.54) is 0 Å². The lowest BCUT2D eigenvalue weighted by atomic mass is 10.1. The molecule has 4 nitrogen and oxygen atoms in total. The van der Waals surface area contributed by atoms with E-state index >= 15 is 0 Å². The molecule has 0 bridgehead atoms. The maximum absolute atomic E-state index is 5.59. The van der Waals surface area contributed by atoms with Gasteiger partial charge in [-0.25, -0.2) is 0 Å². The van der Waals surface area contributed by atoms with Crippen LogP contribution >= 0.6 is 0 Å². The van der Waals surface area contributed by atoms with Crippen molar-refractivity contribution in [2.24, 2.45) is 5.73 Å². The van der Waals surface area contributed by atoms with Gasteiger partial charge in [0, 0.05) is 7.11 Å². The van der Waals surface area contributed by atoms with Crippen molar-refractivity contribution in [2.45, 2.75) is 6.42 Å². The number of ether oxygens (including phenoxy) is 3. The van der Waals surface area contributed by atoms with Crippen molar-refractivity contribution in [1.29, 1.82) is 0 Å². The molecule has 1 aromatic rings. The molecule has 90 valence electrons. The van der Waals surface area contributed by atoms with E-state index in [-0.39, 0.29) is 0 Å². The summed E-state index contributed by atoms with van der Waals surface area (Å²) in [5.74, 6) is 1.67. The first-order chi connectivity index (χ1) is 7.81. The summed E-state index contributed by atoms with van der Waals surface area (Å²) in [6.07, 6.45) is 0.777. The van der Waals surface area contributed by atoms with E-state index in [0.717, 1.165) is 23.5 Å². The van der Waals surface area contributed by atoms with Crippen molar-refractivity contribution in [3.63, 3.8) is 0 Å². The van der Waals surface area contributed by atoms with Crippen LogP contribution in [0, 0.1) is 0 Å². The minimum Gasteiger partial charge on any atom is -0.497 e. The fourth-order valence-corrected chi connectivity index (χ4v) is 1.41. The van der Waals surface area contributed by atoms with Crippen molar-refractivity contribution >= 4 is 0 Å². The van der Waals surface area contributed by atoms with Gasteiger partial charge in [0.2, 0.25) is 0 Å². The molecule has 0 atom stereocenters. The molecule has 0 aliphatic rings. The summed E-state index contributed by atoms with van der Waals surface area (Å²) >= 11 is 0. The summed E-state index contributed by atoms with van der Waals surface area (Å²) in [4.78, 5) is 0. The third-order valence-corrected chi connectivity index (χ3v) is 2.23. The summed E-state index contributed by atoms with van der Waals surface area (Å²) in [6, 6.07) is 5.73. The predicted molar refractivity (Wildman–Crippen MR) is 63.1 cm³/mol. The van der Waals surface area contributed by atoms with Gasteiger partial charge in [-0.05, 0) is 36.7 Å². The highest BCUT2D eigenvalue weighted by Gasteiger charge is 2.05. The standard InChI is InChI=1S/C12H19NO3/c1-14-7-8-16-12-4-3-11(15-2)9-10(12)5-6-13/h3-4,9H,5-8,13H2,1-2H3. The highest BCUT2D eigenvalue weighted by molar-refractivity contribution is 5.40. The maximum atomic E-state index is 5.59. The lowest BCUT2D eigenvalue weighted by Gasteiger charge is -2.12. The van der Waals surface area contributed by atoms with E-state index in [9.17, 15) is 0 Å². The second-order valence-electron chi connectivity index (χ2n) is 3.35. The molecule has 0 unspecified atom stereocenters. The van der Waals surface area contributed by atoms with Crippen molar-refractivity contribution in [2.75, 3.05) is 34.0 Å². The zero-order valence-electron chi connectivity index (χ0n) is 9.86. The minimum absolute atomic E-state index is 0.542. The molecule has 0 radical (unpaired) electrons. The Balaban J connectivity index is 2.72. The Morgan fingerprint density at radius 3 is 2.62 bits per heavy atom. The highest BCUT2D eigenvalue weighted by atomic mass is 16.5. The van der Waals surface area contributed by atoms with Crippen molar-refractivity contribution in [1.82, 2.24) is 0 Å². The molecule has 4 heteroatoms. The van der Waals surface area contributed by atoms with E-state index in [4.69, 9.17) is 19.9 Å². The average molecular weight is 225 g/mol. The van der Waals surface area contributed by atoms with Crippen LogP contribution in [0.25, 0.3) is 0 Å². The van der Waals surface area contributed by atoms with E-state index in [2.05, 4.69) is 0 Å².